The first-order chi connectivity index (χ1) is 8.29. The van der Waals surface area contributed by atoms with Gasteiger partial charge in [-0.1, -0.05) is 26.2 Å². The zero-order valence-electron chi connectivity index (χ0n) is 12.6. The molecule has 3 heteroatoms. The van der Waals surface area contributed by atoms with Gasteiger partial charge in [0.1, 0.15) is 11.6 Å². The second-order valence-corrected chi connectivity index (χ2v) is 6.64. The molecule has 0 aromatic rings. The minimum atomic E-state index is -0.401. The zero-order valence-corrected chi connectivity index (χ0v) is 12.6. The van der Waals surface area contributed by atoms with Gasteiger partial charge in [-0.05, 0) is 46.5 Å². The molecule has 0 aromatic carbocycles. The molecule has 0 radical (unpaired) electrons. The lowest BCUT2D eigenvalue weighted by atomic mass is 9.96. The Morgan fingerprint density at radius 1 is 1.22 bits per heavy atom. The Morgan fingerprint density at radius 2 is 1.83 bits per heavy atom. The van der Waals surface area contributed by atoms with Crippen molar-refractivity contribution in [2.75, 3.05) is 0 Å². The molecule has 1 aliphatic rings. The molecule has 0 heterocycles. The van der Waals surface area contributed by atoms with E-state index in [9.17, 15) is 4.79 Å². The van der Waals surface area contributed by atoms with Gasteiger partial charge in [0.05, 0.1) is 0 Å². The number of nitrogens with one attached hydrogen (secondary N) is 1. The Bertz CT molecular complexity index is 270. The molecule has 0 spiro atoms. The van der Waals surface area contributed by atoms with E-state index in [1.807, 2.05) is 27.7 Å². The van der Waals surface area contributed by atoms with E-state index in [4.69, 9.17) is 4.74 Å². The van der Waals surface area contributed by atoms with Crippen LogP contribution in [0.15, 0.2) is 0 Å². The molecule has 0 aliphatic heterocycles. The summed E-state index contributed by atoms with van der Waals surface area (Å²) in [4.78, 5) is 11.9. The smallest absolute Gasteiger partial charge is 0.323 e. The number of carbonyl (C=O) groups excluding carboxylic acids is 1. The fourth-order valence-corrected chi connectivity index (χ4v) is 2.52. The topological polar surface area (TPSA) is 38.3 Å². The van der Waals surface area contributed by atoms with Crippen LogP contribution in [-0.2, 0) is 9.53 Å². The summed E-state index contributed by atoms with van der Waals surface area (Å²) in [6.07, 6.45) is 6.35. The van der Waals surface area contributed by atoms with Gasteiger partial charge in [0, 0.05) is 6.04 Å². The largest absolute Gasteiger partial charge is 0.459 e. The molecule has 3 nitrogen and oxygen atoms in total. The predicted octanol–water partition coefficient (Wildman–Crippen LogP) is 3.28. The summed E-state index contributed by atoms with van der Waals surface area (Å²) >= 11 is 0. The van der Waals surface area contributed by atoms with Crippen molar-refractivity contribution < 1.29 is 9.53 Å². The number of carbonyl (C=O) groups is 1. The number of hydrogen-bond donors (Lipinski definition) is 1. The van der Waals surface area contributed by atoms with Crippen molar-refractivity contribution in [3.05, 3.63) is 0 Å². The third-order valence-corrected chi connectivity index (χ3v) is 3.59. The quantitative estimate of drug-likeness (QED) is 0.621. The number of esters is 1. The van der Waals surface area contributed by atoms with Gasteiger partial charge in [0.2, 0.25) is 0 Å². The highest BCUT2D eigenvalue weighted by molar-refractivity contribution is 5.75. The Morgan fingerprint density at radius 3 is 2.44 bits per heavy atom. The molecule has 3 atom stereocenters. The molecule has 1 aliphatic carbocycles. The van der Waals surface area contributed by atoms with Crippen LogP contribution in [0.1, 0.15) is 66.7 Å². The van der Waals surface area contributed by atoms with Crippen LogP contribution in [0.5, 0.6) is 0 Å². The molecule has 1 fully saturated rings. The van der Waals surface area contributed by atoms with Crippen LogP contribution in [-0.4, -0.2) is 23.7 Å². The zero-order chi connectivity index (χ0) is 13.8. The van der Waals surface area contributed by atoms with Crippen LogP contribution in [0, 0.1) is 5.92 Å². The molecular formula is C15H29NO2. The third kappa shape index (κ3) is 5.38. The third-order valence-electron chi connectivity index (χ3n) is 3.59. The normalized spacial score (nSPS) is 27.4. The Kier molecular flexibility index (Phi) is 5.64. The van der Waals surface area contributed by atoms with E-state index in [1.54, 1.807) is 0 Å². The van der Waals surface area contributed by atoms with Crippen molar-refractivity contribution >= 4 is 5.97 Å². The van der Waals surface area contributed by atoms with Gasteiger partial charge in [0.15, 0.2) is 0 Å². The summed E-state index contributed by atoms with van der Waals surface area (Å²) in [5, 5.41) is 3.46. The highest BCUT2D eigenvalue weighted by Crippen LogP contribution is 2.23. The summed E-state index contributed by atoms with van der Waals surface area (Å²) in [5.74, 6) is 0.510. The minimum Gasteiger partial charge on any atom is -0.459 e. The Labute approximate surface area is 112 Å². The Balaban J connectivity index is 2.47. The van der Waals surface area contributed by atoms with Crippen LogP contribution in [0.3, 0.4) is 0 Å². The van der Waals surface area contributed by atoms with E-state index >= 15 is 0 Å². The van der Waals surface area contributed by atoms with E-state index < -0.39 is 5.60 Å². The van der Waals surface area contributed by atoms with Crippen molar-refractivity contribution in [1.82, 2.24) is 5.32 Å². The van der Waals surface area contributed by atoms with Crippen molar-refractivity contribution in [2.45, 2.75) is 84.4 Å². The number of ether oxygens (including phenoxy) is 1. The molecule has 3 unspecified atom stereocenters. The van der Waals surface area contributed by atoms with Gasteiger partial charge in [-0.3, -0.25) is 4.79 Å². The van der Waals surface area contributed by atoms with Crippen LogP contribution in [0.25, 0.3) is 0 Å². The summed E-state index contributed by atoms with van der Waals surface area (Å²) in [7, 11) is 0. The number of hydrogen-bond acceptors (Lipinski definition) is 3. The molecule has 18 heavy (non-hydrogen) atoms. The van der Waals surface area contributed by atoms with Crippen LogP contribution in [0.4, 0.5) is 0 Å². The van der Waals surface area contributed by atoms with Crippen molar-refractivity contribution in [3.8, 4) is 0 Å². The lowest BCUT2D eigenvalue weighted by Crippen LogP contribution is -2.46. The minimum absolute atomic E-state index is 0.140. The van der Waals surface area contributed by atoms with Gasteiger partial charge >= 0.3 is 5.97 Å². The average molecular weight is 255 g/mol. The van der Waals surface area contributed by atoms with E-state index in [2.05, 4.69) is 12.2 Å². The molecule has 0 bridgehead atoms. The summed E-state index contributed by atoms with van der Waals surface area (Å²) in [6, 6.07) is 0.241. The average Bonchev–Trinajstić information content (AvgIpc) is 2.42. The van der Waals surface area contributed by atoms with Crippen molar-refractivity contribution in [2.24, 2.45) is 5.92 Å². The maximum absolute atomic E-state index is 11.9. The standard InChI is InChI=1S/C15H29NO2/c1-11-9-7-6-8-10-13(11)16-12(2)14(17)18-15(3,4)5/h11-13,16H,6-10H2,1-5H3. The van der Waals surface area contributed by atoms with E-state index in [-0.39, 0.29) is 12.0 Å². The summed E-state index contributed by atoms with van der Waals surface area (Å²) in [5.41, 5.74) is -0.401. The van der Waals surface area contributed by atoms with Crippen LogP contribution in [0.2, 0.25) is 0 Å². The molecule has 0 saturated heterocycles. The van der Waals surface area contributed by atoms with Gasteiger partial charge in [-0.2, -0.15) is 0 Å². The van der Waals surface area contributed by atoms with Gasteiger partial charge in [-0.15, -0.1) is 0 Å². The van der Waals surface area contributed by atoms with Gasteiger partial charge in [-0.25, -0.2) is 0 Å². The Hall–Kier alpha value is -0.570. The monoisotopic (exact) mass is 255 g/mol. The molecule has 0 amide bonds. The first kappa shape index (κ1) is 15.5. The van der Waals surface area contributed by atoms with Crippen molar-refractivity contribution in [1.29, 1.82) is 0 Å². The SMILES string of the molecule is CC(NC1CCCCCC1C)C(=O)OC(C)(C)C. The van der Waals surface area contributed by atoms with Gasteiger partial charge < -0.3 is 10.1 Å². The highest BCUT2D eigenvalue weighted by atomic mass is 16.6. The van der Waals surface area contributed by atoms with E-state index in [0.29, 0.717) is 12.0 Å². The second-order valence-electron chi connectivity index (χ2n) is 6.64. The lowest BCUT2D eigenvalue weighted by molar-refractivity contribution is -0.157. The van der Waals surface area contributed by atoms with Crippen LogP contribution >= 0.6 is 0 Å². The first-order valence-electron chi connectivity index (χ1n) is 7.28. The van der Waals surface area contributed by atoms with E-state index in [1.165, 1.54) is 32.1 Å². The van der Waals surface area contributed by atoms with E-state index in [0.717, 1.165) is 0 Å². The maximum atomic E-state index is 11.9. The predicted molar refractivity (Wildman–Crippen MR) is 74.5 cm³/mol. The molecular weight excluding hydrogens is 226 g/mol. The molecule has 1 N–H and O–H groups in total. The second kappa shape index (κ2) is 6.55. The molecule has 1 rings (SSSR count). The first-order valence-corrected chi connectivity index (χ1v) is 7.28. The molecule has 0 aromatic heterocycles. The summed E-state index contributed by atoms with van der Waals surface area (Å²) < 4.78 is 5.41. The van der Waals surface area contributed by atoms with Crippen LogP contribution < -0.4 is 5.32 Å². The van der Waals surface area contributed by atoms with Crippen molar-refractivity contribution in [3.63, 3.8) is 0 Å². The summed E-state index contributed by atoms with van der Waals surface area (Å²) in [6.45, 7) is 9.92. The maximum Gasteiger partial charge on any atom is 0.323 e. The number of rotatable bonds is 3. The fourth-order valence-electron chi connectivity index (χ4n) is 2.52. The fraction of sp³-hybridized carbons (Fsp3) is 0.933. The molecule has 1 saturated carbocycles. The molecule has 106 valence electrons. The highest BCUT2D eigenvalue weighted by Gasteiger charge is 2.26. The van der Waals surface area contributed by atoms with Gasteiger partial charge in [0.25, 0.3) is 0 Å². The lowest BCUT2D eigenvalue weighted by Gasteiger charge is -2.28.